The van der Waals surface area contributed by atoms with Crippen LogP contribution < -0.4 is 20.7 Å². The van der Waals surface area contributed by atoms with Crippen LogP contribution in [0.3, 0.4) is 0 Å². The Labute approximate surface area is 209 Å². The molecule has 3 N–H and O–H groups in total. The maximum absolute atomic E-state index is 12.6. The van der Waals surface area contributed by atoms with Crippen LogP contribution in [-0.4, -0.2) is 29.1 Å². The second kappa shape index (κ2) is 8.86. The molecule has 1 unspecified atom stereocenters. The van der Waals surface area contributed by atoms with E-state index in [-0.39, 0.29) is 36.0 Å². The Balaban J connectivity index is 1.03. The molecule has 2 aliphatic heterocycles. The van der Waals surface area contributed by atoms with Crippen molar-refractivity contribution >= 4 is 17.8 Å². The van der Waals surface area contributed by atoms with Gasteiger partial charge in [-0.15, -0.1) is 0 Å². The van der Waals surface area contributed by atoms with Gasteiger partial charge in [0.15, 0.2) is 0 Å². The average molecular weight is 485 g/mol. The van der Waals surface area contributed by atoms with Crippen molar-refractivity contribution in [3.05, 3.63) is 89.0 Å². The van der Waals surface area contributed by atoms with Crippen molar-refractivity contribution < 1.29 is 19.1 Å². The molecule has 1 saturated heterocycles. The van der Waals surface area contributed by atoms with Gasteiger partial charge in [0, 0.05) is 18.2 Å². The van der Waals surface area contributed by atoms with E-state index in [1.54, 1.807) is 12.3 Å². The van der Waals surface area contributed by atoms with Gasteiger partial charge in [-0.3, -0.25) is 4.79 Å². The highest BCUT2D eigenvalue weighted by Crippen LogP contribution is 2.50. The molecule has 1 saturated carbocycles. The molecule has 8 heteroatoms. The molecule has 0 radical (unpaired) electrons. The summed E-state index contributed by atoms with van der Waals surface area (Å²) in [6, 6.07) is 9.88. The lowest BCUT2D eigenvalue weighted by molar-refractivity contribution is -0.116. The van der Waals surface area contributed by atoms with Crippen molar-refractivity contribution in [1.82, 2.24) is 15.6 Å². The zero-order chi connectivity index (χ0) is 24.8. The number of hydrogen-bond donors (Lipinski definition) is 3. The van der Waals surface area contributed by atoms with Crippen LogP contribution in [0, 0.1) is 5.92 Å². The number of hydrogen-bond acceptors (Lipinski definition) is 5. The number of aryl methyl sites for hydroxylation is 1. The van der Waals surface area contributed by atoms with Gasteiger partial charge in [-0.1, -0.05) is 30.8 Å². The van der Waals surface area contributed by atoms with Gasteiger partial charge in [0.2, 0.25) is 5.91 Å². The molecule has 4 atom stereocenters. The lowest BCUT2D eigenvalue weighted by Gasteiger charge is -2.18. The third-order valence-electron chi connectivity index (χ3n) is 7.28. The van der Waals surface area contributed by atoms with E-state index < -0.39 is 0 Å². The molecule has 2 fully saturated rings. The fraction of sp³-hybridized carbons (Fsp3) is 0.321. The lowest BCUT2D eigenvalue weighted by Crippen LogP contribution is -2.40. The molecule has 1 aromatic heterocycles. The van der Waals surface area contributed by atoms with E-state index in [0.717, 1.165) is 24.0 Å². The van der Waals surface area contributed by atoms with Crippen LogP contribution in [0.15, 0.2) is 72.4 Å². The van der Waals surface area contributed by atoms with Crippen molar-refractivity contribution in [3.8, 4) is 5.75 Å². The number of aromatic nitrogens is 1. The number of carbonyl (C=O) groups is 2. The number of allylic oxidation sites excluding steroid dienone is 4. The minimum absolute atomic E-state index is 0.0336. The molecule has 0 spiro atoms. The minimum Gasteiger partial charge on any atom is -0.487 e. The number of rotatable bonds is 5. The van der Waals surface area contributed by atoms with Crippen molar-refractivity contribution in [2.45, 2.75) is 50.8 Å². The Morgan fingerprint density at radius 2 is 2.08 bits per heavy atom. The van der Waals surface area contributed by atoms with Gasteiger partial charge in [0.25, 0.3) is 0 Å². The summed E-state index contributed by atoms with van der Waals surface area (Å²) in [6.07, 6.45) is 8.15. The first-order chi connectivity index (χ1) is 17.5. The average Bonchev–Trinajstić information content (AvgIpc) is 3.19. The highest BCUT2D eigenvalue weighted by atomic mass is 16.5. The summed E-state index contributed by atoms with van der Waals surface area (Å²) in [7, 11) is 0. The lowest BCUT2D eigenvalue weighted by atomic mass is 10.1. The van der Waals surface area contributed by atoms with Gasteiger partial charge < -0.3 is 25.4 Å². The number of nitrogens with one attached hydrogen (secondary N) is 3. The highest BCUT2D eigenvalue weighted by molar-refractivity contribution is 5.93. The van der Waals surface area contributed by atoms with E-state index in [1.165, 1.54) is 11.1 Å². The molecule has 36 heavy (non-hydrogen) atoms. The molecule has 3 amide bonds. The zero-order valence-electron chi connectivity index (χ0n) is 20.0. The maximum Gasteiger partial charge on any atom is 0.315 e. The van der Waals surface area contributed by atoms with Gasteiger partial charge in [0.1, 0.15) is 29.2 Å². The fourth-order valence-electron chi connectivity index (χ4n) is 5.36. The monoisotopic (exact) mass is 484 g/mol. The third-order valence-corrected chi connectivity index (χ3v) is 7.28. The van der Waals surface area contributed by atoms with Crippen molar-refractivity contribution in [3.63, 3.8) is 0 Å². The summed E-state index contributed by atoms with van der Waals surface area (Å²) in [5.41, 5.74) is 4.29. The van der Waals surface area contributed by atoms with E-state index >= 15 is 0 Å². The summed E-state index contributed by atoms with van der Waals surface area (Å²) in [5, 5.41) is 8.94. The van der Waals surface area contributed by atoms with Crippen LogP contribution in [0.5, 0.6) is 5.75 Å². The van der Waals surface area contributed by atoms with Crippen molar-refractivity contribution in [2.24, 2.45) is 5.92 Å². The van der Waals surface area contributed by atoms with E-state index in [9.17, 15) is 9.59 Å². The van der Waals surface area contributed by atoms with Crippen LogP contribution in [0.25, 0.3) is 0 Å². The largest absolute Gasteiger partial charge is 0.487 e. The topological polar surface area (TPSA) is 102 Å². The van der Waals surface area contributed by atoms with Gasteiger partial charge in [-0.25, -0.2) is 9.78 Å². The van der Waals surface area contributed by atoms with Gasteiger partial charge >= 0.3 is 6.03 Å². The maximum atomic E-state index is 12.6. The van der Waals surface area contributed by atoms with Crippen LogP contribution in [0.1, 0.15) is 42.5 Å². The predicted octanol–water partition coefficient (Wildman–Crippen LogP) is 4.07. The minimum atomic E-state index is -0.168. The van der Waals surface area contributed by atoms with Crippen LogP contribution in [0.2, 0.25) is 0 Å². The number of anilines is 1. The first-order valence-corrected chi connectivity index (χ1v) is 12.3. The molecule has 6 rings (SSSR count). The molecule has 0 bridgehead atoms. The second-order valence-electron chi connectivity index (χ2n) is 9.66. The van der Waals surface area contributed by atoms with Crippen molar-refractivity contribution in [1.29, 1.82) is 0 Å². The summed E-state index contributed by atoms with van der Waals surface area (Å²) >= 11 is 0. The van der Waals surface area contributed by atoms with Gasteiger partial charge in [-0.05, 0) is 61.1 Å². The van der Waals surface area contributed by atoms with Gasteiger partial charge in [-0.2, -0.15) is 0 Å². The fourth-order valence-corrected chi connectivity index (χ4v) is 5.36. The number of fused-ring (bicyclic) bond motifs is 3. The standard InChI is InChI=1S/C28H28N4O4/c1-15(35-22-13-14-29-27-19(22)9-12-23(33)31-27)7-11-21-16(2)24-25(26(24)36-21)32-28(34)30-20-10-8-17-5-3-4-6-18(17)20/h3-7,11,13-14,20,24-26H,2,8-10,12H2,1H3,(H,29,31,33)(H2,30,32,34)/b15-7+,21-11+/t20-,24-,25?,26-/m0/s1. The molecule has 8 nitrogen and oxygen atoms in total. The van der Waals surface area contributed by atoms with Crippen LogP contribution >= 0.6 is 0 Å². The number of pyridine rings is 1. The molecule has 1 aromatic carbocycles. The predicted molar refractivity (Wildman–Crippen MR) is 134 cm³/mol. The number of amides is 3. The third kappa shape index (κ3) is 4.12. The Morgan fingerprint density at radius 3 is 2.92 bits per heavy atom. The highest BCUT2D eigenvalue weighted by Gasteiger charge is 2.60. The second-order valence-corrected chi connectivity index (χ2v) is 9.66. The normalized spacial score (nSPS) is 26.9. The molecule has 4 aliphatic rings. The molecule has 2 aromatic rings. The summed E-state index contributed by atoms with van der Waals surface area (Å²) < 4.78 is 12.1. The zero-order valence-corrected chi connectivity index (χ0v) is 20.0. The molecule has 3 heterocycles. The first-order valence-electron chi connectivity index (χ1n) is 12.3. The summed E-state index contributed by atoms with van der Waals surface area (Å²) in [5.74, 6) is 2.68. The Morgan fingerprint density at radius 1 is 1.22 bits per heavy atom. The number of benzene rings is 1. The molecular weight excluding hydrogens is 456 g/mol. The number of nitrogens with zero attached hydrogens (tertiary/aromatic N) is 1. The number of ether oxygens (including phenoxy) is 2. The molecular formula is C28H28N4O4. The number of urea groups is 1. The first kappa shape index (κ1) is 22.4. The summed E-state index contributed by atoms with van der Waals surface area (Å²) in [6.45, 7) is 6.05. The van der Waals surface area contributed by atoms with Gasteiger partial charge in [0.05, 0.1) is 18.0 Å². The van der Waals surface area contributed by atoms with E-state index in [2.05, 4.69) is 39.6 Å². The Bertz CT molecular complexity index is 1330. The molecule has 2 aliphatic carbocycles. The van der Waals surface area contributed by atoms with E-state index in [4.69, 9.17) is 9.47 Å². The SMILES string of the molecule is C=C1/C(=C\C=C(/C)Oc2ccnc3c2CCC(=O)N3)O[C@@H]2C(NC(=O)N[C@H]3CCc4ccccc43)[C@H]12. The molecule has 184 valence electrons. The summed E-state index contributed by atoms with van der Waals surface area (Å²) in [4.78, 5) is 28.5. The Kier molecular flexibility index (Phi) is 5.51. The Hall–Kier alpha value is -4.07. The van der Waals surface area contributed by atoms with E-state index in [1.807, 2.05) is 31.2 Å². The quantitative estimate of drug-likeness (QED) is 0.556. The van der Waals surface area contributed by atoms with Crippen LogP contribution in [0.4, 0.5) is 10.6 Å². The smallest absolute Gasteiger partial charge is 0.315 e. The number of carbonyl (C=O) groups excluding carboxylic acids is 2. The van der Waals surface area contributed by atoms with Crippen LogP contribution in [-0.2, 0) is 22.4 Å². The van der Waals surface area contributed by atoms with E-state index in [0.29, 0.717) is 35.9 Å². The van der Waals surface area contributed by atoms with Crippen molar-refractivity contribution in [2.75, 3.05) is 5.32 Å².